The Labute approximate surface area is 112 Å². The maximum atomic E-state index is 12.5. The molecule has 0 saturated carbocycles. The zero-order valence-corrected chi connectivity index (χ0v) is 11.4. The monoisotopic (exact) mass is 262 g/mol. The number of piperidine rings is 1. The van der Waals surface area contributed by atoms with Gasteiger partial charge in [-0.25, -0.2) is 0 Å². The van der Waals surface area contributed by atoms with Gasteiger partial charge in [0.05, 0.1) is 0 Å². The first kappa shape index (κ1) is 12.0. The van der Waals surface area contributed by atoms with Gasteiger partial charge in [-0.1, -0.05) is 0 Å². The van der Waals surface area contributed by atoms with Gasteiger partial charge in [0, 0.05) is 35.3 Å². The second-order valence-electron chi connectivity index (χ2n) is 5.16. The van der Waals surface area contributed by atoms with Gasteiger partial charge < -0.3 is 4.90 Å². The quantitative estimate of drug-likeness (QED) is 0.821. The molecule has 2 saturated heterocycles. The lowest BCUT2D eigenvalue weighted by Gasteiger charge is -2.38. The highest BCUT2D eigenvalue weighted by atomic mass is 32.2. The standard InChI is InChI=1S/C14H18N2OS/c1-18-13-8-11-2-3-12(9-13)16(11)14(17)10-4-6-15-7-5-10/h4-7,11-13H,2-3,8-9H2,1H3. The van der Waals surface area contributed by atoms with E-state index in [1.54, 1.807) is 12.4 Å². The minimum atomic E-state index is 0.199. The van der Waals surface area contributed by atoms with Crippen LogP contribution in [0.15, 0.2) is 24.5 Å². The summed E-state index contributed by atoms with van der Waals surface area (Å²) in [6.45, 7) is 0. The molecule has 2 bridgehead atoms. The molecule has 3 rings (SSSR count). The number of fused-ring (bicyclic) bond motifs is 2. The van der Waals surface area contributed by atoms with Gasteiger partial charge in [0.15, 0.2) is 0 Å². The van der Waals surface area contributed by atoms with Crippen molar-refractivity contribution in [2.24, 2.45) is 0 Å². The number of carbonyl (C=O) groups is 1. The van der Waals surface area contributed by atoms with Crippen molar-refractivity contribution in [2.45, 2.75) is 43.0 Å². The molecular weight excluding hydrogens is 244 g/mol. The van der Waals surface area contributed by atoms with Crippen LogP contribution in [0.5, 0.6) is 0 Å². The van der Waals surface area contributed by atoms with Gasteiger partial charge in [-0.3, -0.25) is 9.78 Å². The molecule has 0 aliphatic carbocycles. The molecule has 1 amide bonds. The molecule has 0 spiro atoms. The Hall–Kier alpha value is -1.03. The summed E-state index contributed by atoms with van der Waals surface area (Å²) in [5, 5.41) is 0.740. The van der Waals surface area contributed by atoms with Crippen molar-refractivity contribution in [1.82, 2.24) is 9.88 Å². The van der Waals surface area contributed by atoms with E-state index < -0.39 is 0 Å². The van der Waals surface area contributed by atoms with Crippen LogP contribution >= 0.6 is 11.8 Å². The first-order valence-electron chi connectivity index (χ1n) is 6.55. The zero-order chi connectivity index (χ0) is 12.5. The van der Waals surface area contributed by atoms with Gasteiger partial charge in [0.2, 0.25) is 0 Å². The van der Waals surface area contributed by atoms with Gasteiger partial charge in [0.25, 0.3) is 5.91 Å². The van der Waals surface area contributed by atoms with E-state index in [9.17, 15) is 4.79 Å². The molecule has 4 heteroatoms. The minimum Gasteiger partial charge on any atom is -0.333 e. The zero-order valence-electron chi connectivity index (χ0n) is 10.6. The number of hydrogen-bond acceptors (Lipinski definition) is 3. The molecule has 18 heavy (non-hydrogen) atoms. The average molecular weight is 262 g/mol. The fraction of sp³-hybridized carbons (Fsp3) is 0.571. The Morgan fingerprint density at radius 2 is 1.89 bits per heavy atom. The van der Waals surface area contributed by atoms with E-state index in [1.165, 1.54) is 12.8 Å². The molecule has 2 atom stereocenters. The first-order chi connectivity index (χ1) is 8.79. The van der Waals surface area contributed by atoms with Crippen molar-refractivity contribution < 1.29 is 4.79 Å². The van der Waals surface area contributed by atoms with E-state index in [1.807, 2.05) is 23.9 Å². The van der Waals surface area contributed by atoms with Crippen molar-refractivity contribution >= 4 is 17.7 Å². The number of hydrogen-bond donors (Lipinski definition) is 0. The Morgan fingerprint density at radius 3 is 2.44 bits per heavy atom. The Bertz CT molecular complexity index is 423. The number of rotatable bonds is 2. The lowest BCUT2D eigenvalue weighted by atomic mass is 10.0. The van der Waals surface area contributed by atoms with Crippen LogP contribution in [0.2, 0.25) is 0 Å². The maximum Gasteiger partial charge on any atom is 0.254 e. The van der Waals surface area contributed by atoms with Crippen LogP contribution in [0.4, 0.5) is 0 Å². The summed E-state index contributed by atoms with van der Waals surface area (Å²) in [7, 11) is 0. The van der Waals surface area contributed by atoms with Crippen LogP contribution in [0.1, 0.15) is 36.0 Å². The predicted molar refractivity (Wildman–Crippen MR) is 73.8 cm³/mol. The van der Waals surface area contributed by atoms with Crippen molar-refractivity contribution in [3.63, 3.8) is 0 Å². The van der Waals surface area contributed by atoms with E-state index in [2.05, 4.69) is 16.1 Å². The second-order valence-corrected chi connectivity index (χ2v) is 6.30. The highest BCUT2D eigenvalue weighted by Crippen LogP contribution is 2.40. The maximum absolute atomic E-state index is 12.5. The summed E-state index contributed by atoms with van der Waals surface area (Å²) in [5.41, 5.74) is 0.782. The molecular formula is C14H18N2OS. The summed E-state index contributed by atoms with van der Waals surface area (Å²) in [4.78, 5) is 18.7. The molecule has 2 aliphatic heterocycles. The fourth-order valence-electron chi connectivity index (χ4n) is 3.29. The number of nitrogens with zero attached hydrogens (tertiary/aromatic N) is 2. The first-order valence-corrected chi connectivity index (χ1v) is 7.84. The lowest BCUT2D eigenvalue weighted by molar-refractivity contribution is 0.0601. The summed E-state index contributed by atoms with van der Waals surface area (Å²) in [6.07, 6.45) is 10.3. The van der Waals surface area contributed by atoms with Crippen molar-refractivity contribution in [3.8, 4) is 0 Å². The molecule has 3 nitrogen and oxygen atoms in total. The molecule has 1 aromatic heterocycles. The van der Waals surface area contributed by atoms with Crippen LogP contribution in [-0.4, -0.2) is 39.4 Å². The topological polar surface area (TPSA) is 33.2 Å². The smallest absolute Gasteiger partial charge is 0.254 e. The van der Waals surface area contributed by atoms with Gasteiger partial charge in [-0.05, 0) is 44.1 Å². The highest BCUT2D eigenvalue weighted by Gasteiger charge is 2.43. The Kier molecular flexibility index (Phi) is 3.29. The minimum absolute atomic E-state index is 0.199. The SMILES string of the molecule is CSC1CC2CCC(C1)N2C(=O)c1ccncc1. The van der Waals surface area contributed by atoms with Crippen LogP contribution in [0, 0.1) is 0 Å². The summed E-state index contributed by atoms with van der Waals surface area (Å²) >= 11 is 1.95. The van der Waals surface area contributed by atoms with Gasteiger partial charge >= 0.3 is 0 Å². The third-order valence-corrected chi connectivity index (χ3v) is 5.24. The van der Waals surface area contributed by atoms with Gasteiger partial charge in [-0.15, -0.1) is 0 Å². The highest BCUT2D eigenvalue weighted by molar-refractivity contribution is 7.99. The van der Waals surface area contributed by atoms with Crippen molar-refractivity contribution in [3.05, 3.63) is 30.1 Å². The van der Waals surface area contributed by atoms with Crippen molar-refractivity contribution in [2.75, 3.05) is 6.26 Å². The van der Waals surface area contributed by atoms with E-state index in [4.69, 9.17) is 0 Å². The molecule has 0 radical (unpaired) electrons. The molecule has 2 aliphatic rings. The van der Waals surface area contributed by atoms with Gasteiger partial charge in [0.1, 0.15) is 0 Å². The summed E-state index contributed by atoms with van der Waals surface area (Å²) in [6, 6.07) is 4.56. The largest absolute Gasteiger partial charge is 0.333 e. The number of thioether (sulfide) groups is 1. The molecule has 96 valence electrons. The van der Waals surface area contributed by atoms with Gasteiger partial charge in [-0.2, -0.15) is 11.8 Å². The molecule has 0 aromatic carbocycles. The second kappa shape index (κ2) is 4.92. The molecule has 1 aromatic rings. The third kappa shape index (κ3) is 2.03. The van der Waals surface area contributed by atoms with E-state index in [0.717, 1.165) is 23.7 Å². The fourth-order valence-corrected chi connectivity index (χ4v) is 4.12. The van der Waals surface area contributed by atoms with Crippen LogP contribution in [0.25, 0.3) is 0 Å². The molecule has 0 N–H and O–H groups in total. The van der Waals surface area contributed by atoms with Crippen molar-refractivity contribution in [1.29, 1.82) is 0 Å². The Balaban J connectivity index is 1.80. The van der Waals surface area contributed by atoms with E-state index in [0.29, 0.717) is 12.1 Å². The van der Waals surface area contributed by atoms with Crippen LogP contribution in [0.3, 0.4) is 0 Å². The average Bonchev–Trinajstić information content (AvgIpc) is 2.69. The number of carbonyl (C=O) groups excluding carboxylic acids is 1. The van der Waals surface area contributed by atoms with E-state index >= 15 is 0 Å². The summed E-state index contributed by atoms with van der Waals surface area (Å²) < 4.78 is 0. The third-order valence-electron chi connectivity index (χ3n) is 4.18. The summed E-state index contributed by atoms with van der Waals surface area (Å²) in [5.74, 6) is 0.199. The van der Waals surface area contributed by atoms with E-state index in [-0.39, 0.29) is 5.91 Å². The van der Waals surface area contributed by atoms with Crippen LogP contribution < -0.4 is 0 Å². The number of aromatic nitrogens is 1. The predicted octanol–water partition coefficient (Wildman–Crippen LogP) is 2.58. The lowest BCUT2D eigenvalue weighted by Crippen LogP contribution is -2.47. The Morgan fingerprint density at radius 1 is 1.28 bits per heavy atom. The normalized spacial score (nSPS) is 30.5. The molecule has 3 heterocycles. The number of pyridine rings is 1. The molecule has 2 unspecified atom stereocenters. The number of amides is 1. The van der Waals surface area contributed by atoms with Crippen LogP contribution in [-0.2, 0) is 0 Å². The molecule has 2 fully saturated rings.